The summed E-state index contributed by atoms with van der Waals surface area (Å²) in [4.78, 5) is 16.2. The number of rotatable bonds is 8. The monoisotopic (exact) mass is 427 g/mol. The van der Waals surface area contributed by atoms with E-state index in [4.69, 9.17) is 9.97 Å². The first kappa shape index (κ1) is 23.2. The van der Waals surface area contributed by atoms with Gasteiger partial charge in [-0.05, 0) is 44.6 Å². The van der Waals surface area contributed by atoms with Crippen molar-refractivity contribution in [3.63, 3.8) is 0 Å². The second-order valence-corrected chi connectivity index (χ2v) is 9.02. The van der Waals surface area contributed by atoms with Crippen molar-refractivity contribution in [2.75, 3.05) is 55.0 Å². The van der Waals surface area contributed by atoms with Gasteiger partial charge >= 0.3 is 0 Å². The van der Waals surface area contributed by atoms with Gasteiger partial charge in [-0.25, -0.2) is 9.97 Å². The van der Waals surface area contributed by atoms with Crippen molar-refractivity contribution in [3.05, 3.63) is 29.2 Å². The average Bonchev–Trinajstić information content (AvgIpc) is 2.76. The SMILES string of the molecule is Cc1nc(N2CCC(N(C)c3cc(N(C)CCO)cnn3)CC2)nc(C)c1CC(C)C. The number of anilines is 3. The van der Waals surface area contributed by atoms with Crippen molar-refractivity contribution in [2.45, 2.75) is 53.0 Å². The maximum absolute atomic E-state index is 9.18. The highest BCUT2D eigenvalue weighted by Crippen LogP contribution is 2.26. The Labute approximate surface area is 186 Å². The molecule has 0 bridgehead atoms. The predicted octanol–water partition coefficient (Wildman–Crippen LogP) is 2.62. The molecule has 0 spiro atoms. The molecule has 31 heavy (non-hydrogen) atoms. The zero-order valence-electron chi connectivity index (χ0n) is 19.8. The quantitative estimate of drug-likeness (QED) is 0.689. The standard InChI is InChI=1S/C23H37N7O/c1-16(2)13-21-17(3)25-23(26-18(21)4)30-9-7-19(8-10-30)29(6)22-14-20(15-24-27-22)28(5)11-12-31/h14-16,19,31H,7-13H2,1-6H3. The highest BCUT2D eigenvalue weighted by atomic mass is 16.3. The maximum atomic E-state index is 9.18. The van der Waals surface area contributed by atoms with E-state index in [0.717, 1.165) is 61.2 Å². The first-order valence-corrected chi connectivity index (χ1v) is 11.3. The number of aliphatic hydroxyl groups is 1. The minimum absolute atomic E-state index is 0.113. The van der Waals surface area contributed by atoms with Crippen molar-refractivity contribution >= 4 is 17.5 Å². The first-order valence-electron chi connectivity index (χ1n) is 11.3. The van der Waals surface area contributed by atoms with Gasteiger partial charge < -0.3 is 19.8 Å². The Morgan fingerprint density at radius 3 is 2.35 bits per heavy atom. The van der Waals surface area contributed by atoms with E-state index in [1.54, 1.807) is 6.20 Å². The Morgan fingerprint density at radius 2 is 1.77 bits per heavy atom. The third kappa shape index (κ3) is 5.61. The van der Waals surface area contributed by atoms with Crippen LogP contribution in [0.2, 0.25) is 0 Å². The largest absolute Gasteiger partial charge is 0.395 e. The summed E-state index contributed by atoms with van der Waals surface area (Å²) < 4.78 is 0. The molecule has 1 aliphatic rings. The van der Waals surface area contributed by atoms with Gasteiger partial charge in [-0.15, -0.1) is 5.10 Å². The summed E-state index contributed by atoms with van der Waals surface area (Å²) >= 11 is 0. The second kappa shape index (κ2) is 10.2. The fourth-order valence-electron chi connectivity index (χ4n) is 4.21. The fourth-order valence-corrected chi connectivity index (χ4v) is 4.21. The summed E-state index contributed by atoms with van der Waals surface area (Å²) in [6.45, 7) is 11.2. The molecule has 1 aliphatic heterocycles. The Balaban J connectivity index is 1.65. The van der Waals surface area contributed by atoms with Gasteiger partial charge in [0.15, 0.2) is 5.82 Å². The maximum Gasteiger partial charge on any atom is 0.225 e. The van der Waals surface area contributed by atoms with Gasteiger partial charge in [-0.2, -0.15) is 5.10 Å². The average molecular weight is 428 g/mol. The van der Waals surface area contributed by atoms with Crippen LogP contribution in [0, 0.1) is 19.8 Å². The van der Waals surface area contributed by atoms with Crippen LogP contribution in [0.1, 0.15) is 43.6 Å². The molecule has 2 aromatic heterocycles. The lowest BCUT2D eigenvalue weighted by molar-refractivity contribution is 0.304. The molecule has 0 unspecified atom stereocenters. The summed E-state index contributed by atoms with van der Waals surface area (Å²) in [7, 11) is 4.04. The molecule has 0 saturated carbocycles. The third-order valence-corrected chi connectivity index (χ3v) is 6.18. The molecule has 2 aromatic rings. The fraction of sp³-hybridized carbons (Fsp3) is 0.652. The van der Waals surface area contributed by atoms with Gasteiger partial charge in [0.2, 0.25) is 5.95 Å². The summed E-state index contributed by atoms with van der Waals surface area (Å²) in [5.41, 5.74) is 4.46. The van der Waals surface area contributed by atoms with Crippen LogP contribution < -0.4 is 14.7 Å². The van der Waals surface area contributed by atoms with Crippen molar-refractivity contribution in [2.24, 2.45) is 5.92 Å². The van der Waals surface area contributed by atoms with Crippen LogP contribution in [0.25, 0.3) is 0 Å². The molecule has 170 valence electrons. The van der Waals surface area contributed by atoms with Crippen LogP contribution in [0.3, 0.4) is 0 Å². The number of piperidine rings is 1. The van der Waals surface area contributed by atoms with E-state index in [2.05, 4.69) is 54.7 Å². The molecular weight excluding hydrogens is 390 g/mol. The summed E-state index contributed by atoms with van der Waals surface area (Å²) in [6.07, 6.45) is 4.80. The molecule has 3 heterocycles. The highest BCUT2D eigenvalue weighted by molar-refractivity contribution is 5.53. The van der Waals surface area contributed by atoms with Gasteiger partial charge in [-0.3, -0.25) is 0 Å². The van der Waals surface area contributed by atoms with Crippen molar-refractivity contribution in [3.8, 4) is 0 Å². The smallest absolute Gasteiger partial charge is 0.225 e. The number of likely N-dealkylation sites (N-methyl/N-ethyl adjacent to an activating group) is 1. The van der Waals surface area contributed by atoms with E-state index in [1.165, 1.54) is 5.56 Å². The van der Waals surface area contributed by atoms with E-state index in [1.807, 2.05) is 18.0 Å². The van der Waals surface area contributed by atoms with Crippen molar-refractivity contribution in [1.29, 1.82) is 0 Å². The first-order chi connectivity index (χ1) is 14.8. The van der Waals surface area contributed by atoms with Crippen LogP contribution in [0.4, 0.5) is 17.5 Å². The van der Waals surface area contributed by atoms with E-state index in [0.29, 0.717) is 18.5 Å². The van der Waals surface area contributed by atoms with Crippen LogP contribution in [-0.4, -0.2) is 71.7 Å². The van der Waals surface area contributed by atoms with Gasteiger partial charge in [0.05, 0.1) is 18.5 Å². The Morgan fingerprint density at radius 1 is 1.13 bits per heavy atom. The third-order valence-electron chi connectivity index (χ3n) is 6.18. The summed E-state index contributed by atoms with van der Waals surface area (Å²) in [6, 6.07) is 2.43. The number of aryl methyl sites for hydroxylation is 2. The lowest BCUT2D eigenvalue weighted by Crippen LogP contribution is -2.44. The van der Waals surface area contributed by atoms with Crippen molar-refractivity contribution < 1.29 is 5.11 Å². The highest BCUT2D eigenvalue weighted by Gasteiger charge is 2.26. The Kier molecular flexibility index (Phi) is 7.64. The molecule has 1 saturated heterocycles. The molecule has 0 aromatic carbocycles. The Hall–Kier alpha value is -2.48. The van der Waals surface area contributed by atoms with E-state index < -0.39 is 0 Å². The zero-order chi connectivity index (χ0) is 22.5. The minimum atomic E-state index is 0.113. The number of nitrogens with zero attached hydrogens (tertiary/aromatic N) is 7. The number of aliphatic hydroxyl groups excluding tert-OH is 1. The molecule has 0 aliphatic carbocycles. The topological polar surface area (TPSA) is 81.5 Å². The molecule has 0 amide bonds. The molecule has 3 rings (SSSR count). The summed E-state index contributed by atoms with van der Waals surface area (Å²) in [5.74, 6) is 2.32. The van der Waals surface area contributed by atoms with Crippen molar-refractivity contribution in [1.82, 2.24) is 20.2 Å². The summed E-state index contributed by atoms with van der Waals surface area (Å²) in [5, 5.41) is 17.7. The normalized spacial score (nSPS) is 14.9. The van der Waals surface area contributed by atoms with Crippen LogP contribution in [0.5, 0.6) is 0 Å². The molecule has 1 N–H and O–H groups in total. The predicted molar refractivity (Wildman–Crippen MR) is 126 cm³/mol. The molecule has 1 fully saturated rings. The number of aromatic nitrogens is 4. The molecule has 0 radical (unpaired) electrons. The Bertz CT molecular complexity index is 842. The van der Waals surface area contributed by atoms with Gasteiger partial charge in [-0.1, -0.05) is 13.8 Å². The lowest BCUT2D eigenvalue weighted by atomic mass is 10.0. The zero-order valence-corrected chi connectivity index (χ0v) is 19.8. The molecule has 8 nitrogen and oxygen atoms in total. The van der Waals surface area contributed by atoms with E-state index >= 15 is 0 Å². The molecule has 8 heteroatoms. The lowest BCUT2D eigenvalue weighted by Gasteiger charge is -2.37. The number of hydrogen-bond acceptors (Lipinski definition) is 8. The van der Waals surface area contributed by atoms with Gasteiger partial charge in [0, 0.05) is 57.2 Å². The van der Waals surface area contributed by atoms with Crippen LogP contribution >= 0.6 is 0 Å². The minimum Gasteiger partial charge on any atom is -0.395 e. The van der Waals surface area contributed by atoms with Crippen LogP contribution in [0.15, 0.2) is 12.3 Å². The van der Waals surface area contributed by atoms with Crippen LogP contribution in [-0.2, 0) is 6.42 Å². The van der Waals surface area contributed by atoms with Gasteiger partial charge in [0.1, 0.15) is 0 Å². The molecule has 0 atom stereocenters. The van der Waals surface area contributed by atoms with Gasteiger partial charge in [0.25, 0.3) is 0 Å². The number of hydrogen-bond donors (Lipinski definition) is 1. The van der Waals surface area contributed by atoms with E-state index in [9.17, 15) is 5.11 Å². The van der Waals surface area contributed by atoms with E-state index in [-0.39, 0.29) is 6.61 Å². The molecular formula is C23H37N7O. The second-order valence-electron chi connectivity index (χ2n) is 9.02.